The average molecular weight is 269 g/mol. The van der Waals surface area contributed by atoms with Gasteiger partial charge < -0.3 is 14.8 Å². The van der Waals surface area contributed by atoms with Gasteiger partial charge in [-0.2, -0.15) is 8.78 Å². The van der Waals surface area contributed by atoms with Crippen LogP contribution in [-0.2, 0) is 4.74 Å². The monoisotopic (exact) mass is 269 g/mol. The maximum atomic E-state index is 12.2. The lowest BCUT2D eigenvalue weighted by molar-refractivity contribution is -0.0499. The van der Waals surface area contributed by atoms with Crippen LogP contribution in [0.2, 0.25) is 0 Å². The minimum atomic E-state index is -2.81. The van der Waals surface area contributed by atoms with Gasteiger partial charge in [0.05, 0.1) is 12.6 Å². The van der Waals surface area contributed by atoms with Crippen LogP contribution < -0.4 is 10.1 Å². The Morgan fingerprint density at radius 1 is 1.37 bits per heavy atom. The van der Waals surface area contributed by atoms with Gasteiger partial charge in [-0.15, -0.1) is 0 Å². The third-order valence-corrected chi connectivity index (χ3v) is 2.95. The molecule has 0 bridgehead atoms. The number of nitrogens with one attached hydrogen (secondary N) is 1. The summed E-state index contributed by atoms with van der Waals surface area (Å²) in [5.41, 5.74) is 0.841. The summed E-state index contributed by atoms with van der Waals surface area (Å²) in [5, 5.41) is 3.13. The number of hydrogen-bond acceptors (Lipinski definition) is 3. The Hall–Kier alpha value is -1.62. The molecule has 0 spiro atoms. The van der Waals surface area contributed by atoms with Crippen molar-refractivity contribution < 1.29 is 18.3 Å². The van der Waals surface area contributed by atoms with Crippen molar-refractivity contribution in [3.05, 3.63) is 41.7 Å². The summed E-state index contributed by atoms with van der Waals surface area (Å²) in [7, 11) is 1.81. The molecule has 0 saturated carbocycles. The van der Waals surface area contributed by atoms with Gasteiger partial charge in [-0.25, -0.2) is 0 Å². The van der Waals surface area contributed by atoms with Crippen molar-refractivity contribution in [2.24, 2.45) is 0 Å². The molecular formula is C14H17F2NO2. The number of ether oxygens (including phenoxy) is 2. The summed E-state index contributed by atoms with van der Waals surface area (Å²) in [5.74, 6) is 0.993. The number of rotatable bonds is 5. The van der Waals surface area contributed by atoms with E-state index >= 15 is 0 Å². The second kappa shape index (κ2) is 6.52. The first kappa shape index (κ1) is 13.8. The van der Waals surface area contributed by atoms with Gasteiger partial charge in [-0.05, 0) is 43.7 Å². The molecule has 0 aliphatic carbocycles. The van der Waals surface area contributed by atoms with E-state index in [1.807, 2.05) is 19.2 Å². The Labute approximate surface area is 111 Å². The molecule has 1 unspecified atom stereocenters. The topological polar surface area (TPSA) is 30.5 Å². The fourth-order valence-corrected chi connectivity index (χ4v) is 2.12. The van der Waals surface area contributed by atoms with E-state index in [9.17, 15) is 8.78 Å². The van der Waals surface area contributed by atoms with E-state index in [2.05, 4.69) is 10.1 Å². The van der Waals surface area contributed by atoms with Gasteiger partial charge in [-0.1, -0.05) is 12.1 Å². The quantitative estimate of drug-likeness (QED) is 0.890. The second-order valence-electron chi connectivity index (χ2n) is 4.27. The molecule has 0 aromatic heterocycles. The van der Waals surface area contributed by atoms with E-state index in [0.29, 0.717) is 6.61 Å². The van der Waals surface area contributed by atoms with Gasteiger partial charge in [-0.3, -0.25) is 0 Å². The molecule has 1 aliphatic rings. The summed E-state index contributed by atoms with van der Waals surface area (Å²) in [6.07, 6.45) is 4.01. The first-order valence-corrected chi connectivity index (χ1v) is 6.25. The lowest BCUT2D eigenvalue weighted by Gasteiger charge is -2.24. The Morgan fingerprint density at radius 3 is 2.84 bits per heavy atom. The predicted molar refractivity (Wildman–Crippen MR) is 68.1 cm³/mol. The molecule has 104 valence electrons. The molecule has 2 rings (SSSR count). The first-order valence-electron chi connectivity index (χ1n) is 6.25. The fraction of sp³-hybridized carbons (Fsp3) is 0.429. The molecule has 19 heavy (non-hydrogen) atoms. The summed E-state index contributed by atoms with van der Waals surface area (Å²) >= 11 is 0. The average Bonchev–Trinajstić information content (AvgIpc) is 2.40. The molecule has 3 nitrogen and oxygen atoms in total. The van der Waals surface area contributed by atoms with Gasteiger partial charge in [0.25, 0.3) is 0 Å². The number of likely N-dealkylation sites (N-methyl/N-ethyl adjacent to an activating group) is 1. The zero-order valence-corrected chi connectivity index (χ0v) is 10.7. The summed E-state index contributed by atoms with van der Waals surface area (Å²) in [6, 6.07) is 6.53. The van der Waals surface area contributed by atoms with Gasteiger partial charge in [0.2, 0.25) is 0 Å². The number of halogens is 2. The number of alkyl halides is 2. The fourth-order valence-electron chi connectivity index (χ4n) is 2.12. The van der Waals surface area contributed by atoms with E-state index in [1.165, 1.54) is 6.07 Å². The Balaban J connectivity index is 2.20. The normalized spacial score (nSPS) is 16.7. The van der Waals surface area contributed by atoms with Crippen LogP contribution in [0.15, 0.2) is 36.1 Å². The van der Waals surface area contributed by atoms with Crippen LogP contribution in [0.25, 0.3) is 0 Å². The minimum Gasteiger partial charge on any atom is -0.496 e. The molecule has 1 heterocycles. The third kappa shape index (κ3) is 3.67. The van der Waals surface area contributed by atoms with Gasteiger partial charge in [0.1, 0.15) is 11.5 Å². The molecule has 1 aliphatic heterocycles. The number of benzene rings is 1. The molecule has 0 fully saturated rings. The van der Waals surface area contributed by atoms with Crippen LogP contribution >= 0.6 is 0 Å². The van der Waals surface area contributed by atoms with Gasteiger partial charge >= 0.3 is 6.61 Å². The highest BCUT2D eigenvalue weighted by molar-refractivity contribution is 5.34. The molecule has 1 aromatic rings. The van der Waals surface area contributed by atoms with Crippen molar-refractivity contribution in [2.45, 2.75) is 25.5 Å². The molecule has 0 saturated heterocycles. The largest absolute Gasteiger partial charge is 0.496 e. The molecule has 5 heteroatoms. The Bertz CT molecular complexity index is 449. The second-order valence-corrected chi connectivity index (χ2v) is 4.27. The molecule has 1 aromatic carbocycles. The summed E-state index contributed by atoms with van der Waals surface area (Å²) in [6.45, 7) is -2.12. The Morgan fingerprint density at radius 2 is 2.21 bits per heavy atom. The molecular weight excluding hydrogens is 252 g/mol. The van der Waals surface area contributed by atoms with Crippen LogP contribution in [0.4, 0.5) is 8.78 Å². The van der Waals surface area contributed by atoms with Crippen LogP contribution in [0, 0.1) is 0 Å². The van der Waals surface area contributed by atoms with E-state index in [-0.39, 0.29) is 11.8 Å². The van der Waals surface area contributed by atoms with Crippen molar-refractivity contribution >= 4 is 0 Å². The predicted octanol–water partition coefficient (Wildman–Crippen LogP) is 3.24. The van der Waals surface area contributed by atoms with E-state index in [1.54, 1.807) is 12.1 Å². The molecule has 0 radical (unpaired) electrons. The molecule has 0 amide bonds. The maximum absolute atomic E-state index is 12.2. The number of allylic oxidation sites excluding steroid dienone is 1. The zero-order chi connectivity index (χ0) is 13.7. The van der Waals surface area contributed by atoms with Crippen LogP contribution in [0.3, 0.4) is 0 Å². The van der Waals surface area contributed by atoms with Crippen molar-refractivity contribution in [3.63, 3.8) is 0 Å². The SMILES string of the molecule is CNC(C1=CCCCO1)c1cccc(OC(F)F)c1. The van der Waals surface area contributed by atoms with E-state index in [0.717, 1.165) is 24.2 Å². The maximum Gasteiger partial charge on any atom is 0.387 e. The molecule has 1 N–H and O–H groups in total. The van der Waals surface area contributed by atoms with Gasteiger partial charge in [0.15, 0.2) is 0 Å². The summed E-state index contributed by atoms with van der Waals surface area (Å²) < 4.78 is 34.5. The summed E-state index contributed by atoms with van der Waals surface area (Å²) in [4.78, 5) is 0. The minimum absolute atomic E-state index is 0.137. The lowest BCUT2D eigenvalue weighted by atomic mass is 10.0. The number of hydrogen-bond donors (Lipinski definition) is 1. The van der Waals surface area contributed by atoms with Crippen molar-refractivity contribution in [3.8, 4) is 5.75 Å². The lowest BCUT2D eigenvalue weighted by Crippen LogP contribution is -2.22. The van der Waals surface area contributed by atoms with Crippen LogP contribution in [-0.4, -0.2) is 20.3 Å². The van der Waals surface area contributed by atoms with Crippen LogP contribution in [0.5, 0.6) is 5.75 Å². The first-order chi connectivity index (χ1) is 9.20. The van der Waals surface area contributed by atoms with Gasteiger partial charge in [0, 0.05) is 0 Å². The van der Waals surface area contributed by atoms with Crippen molar-refractivity contribution in [2.75, 3.05) is 13.7 Å². The Kier molecular flexibility index (Phi) is 4.74. The highest BCUT2D eigenvalue weighted by Crippen LogP contribution is 2.28. The van der Waals surface area contributed by atoms with Crippen molar-refractivity contribution in [1.82, 2.24) is 5.32 Å². The standard InChI is InChI=1S/C14H17F2NO2/c1-17-13(12-7-2-3-8-18-12)10-5-4-6-11(9-10)19-14(15)16/h4-7,9,13-14,17H,2-3,8H2,1H3. The zero-order valence-electron chi connectivity index (χ0n) is 10.7. The van der Waals surface area contributed by atoms with E-state index in [4.69, 9.17) is 4.74 Å². The molecule has 1 atom stereocenters. The van der Waals surface area contributed by atoms with Crippen LogP contribution in [0.1, 0.15) is 24.4 Å². The third-order valence-electron chi connectivity index (χ3n) is 2.95. The highest BCUT2D eigenvalue weighted by atomic mass is 19.3. The smallest absolute Gasteiger partial charge is 0.387 e. The highest BCUT2D eigenvalue weighted by Gasteiger charge is 2.19. The van der Waals surface area contributed by atoms with Crippen molar-refractivity contribution in [1.29, 1.82) is 0 Å². The van der Waals surface area contributed by atoms with E-state index < -0.39 is 6.61 Å².